The van der Waals surface area contributed by atoms with Crippen LogP contribution in [-0.2, 0) is 20.9 Å². The molecule has 150 valence electrons. The molecule has 2 aliphatic rings. The number of nitrogens with one attached hydrogen (secondary N) is 2. The summed E-state index contributed by atoms with van der Waals surface area (Å²) < 4.78 is 11.2. The molecular formula is C22H23N3O4. The second kappa shape index (κ2) is 8.45. The summed E-state index contributed by atoms with van der Waals surface area (Å²) in [6.07, 6.45) is 6.33. The molecule has 2 N–H and O–H groups in total. The molecule has 2 aliphatic heterocycles. The number of hydrogen-bond donors (Lipinski definition) is 2. The van der Waals surface area contributed by atoms with Crippen molar-refractivity contribution in [3.8, 4) is 5.75 Å². The predicted molar refractivity (Wildman–Crippen MR) is 107 cm³/mol. The van der Waals surface area contributed by atoms with E-state index in [0.29, 0.717) is 18.8 Å². The zero-order valence-electron chi connectivity index (χ0n) is 16.1. The van der Waals surface area contributed by atoms with Crippen LogP contribution >= 0.6 is 0 Å². The lowest BCUT2D eigenvalue weighted by Gasteiger charge is -2.23. The van der Waals surface area contributed by atoms with Crippen molar-refractivity contribution in [3.63, 3.8) is 0 Å². The minimum atomic E-state index is -0.578. The molecule has 2 bridgehead atoms. The average molecular weight is 393 g/mol. The summed E-state index contributed by atoms with van der Waals surface area (Å²) in [7, 11) is 0. The number of amides is 2. The van der Waals surface area contributed by atoms with Gasteiger partial charge in [0.2, 0.25) is 11.8 Å². The van der Waals surface area contributed by atoms with Crippen LogP contribution in [0.25, 0.3) is 0 Å². The first-order valence-electron chi connectivity index (χ1n) is 9.70. The van der Waals surface area contributed by atoms with E-state index >= 15 is 0 Å². The Morgan fingerprint density at radius 3 is 2.45 bits per heavy atom. The SMILES string of the molecule is CCOc1ccc(NC(=O)[C@H]2[C@H](C(=O)NCc3cccnc3)[C@H]3C=C[C@@H]2O3)cc1. The molecule has 1 saturated heterocycles. The van der Waals surface area contributed by atoms with Gasteiger partial charge in [0.1, 0.15) is 5.75 Å². The fourth-order valence-electron chi connectivity index (χ4n) is 3.77. The van der Waals surface area contributed by atoms with Gasteiger partial charge in [-0.05, 0) is 42.8 Å². The number of carbonyl (C=O) groups excluding carboxylic acids is 2. The highest BCUT2D eigenvalue weighted by molar-refractivity contribution is 5.97. The summed E-state index contributed by atoms with van der Waals surface area (Å²) in [5.74, 6) is -0.829. The van der Waals surface area contributed by atoms with Crippen LogP contribution < -0.4 is 15.4 Å². The highest BCUT2D eigenvalue weighted by Gasteiger charge is 2.52. The Morgan fingerprint density at radius 1 is 1.07 bits per heavy atom. The van der Waals surface area contributed by atoms with Gasteiger partial charge in [0, 0.05) is 24.6 Å². The maximum absolute atomic E-state index is 13.0. The molecule has 7 heteroatoms. The molecule has 7 nitrogen and oxygen atoms in total. The molecule has 3 heterocycles. The Kier molecular flexibility index (Phi) is 5.57. The van der Waals surface area contributed by atoms with Crippen LogP contribution in [0.4, 0.5) is 5.69 Å². The monoisotopic (exact) mass is 393 g/mol. The lowest BCUT2D eigenvalue weighted by Crippen LogP contribution is -2.44. The van der Waals surface area contributed by atoms with Gasteiger partial charge in [-0.25, -0.2) is 0 Å². The van der Waals surface area contributed by atoms with Crippen LogP contribution in [0.3, 0.4) is 0 Å². The van der Waals surface area contributed by atoms with E-state index in [4.69, 9.17) is 9.47 Å². The number of hydrogen-bond acceptors (Lipinski definition) is 5. The number of benzene rings is 1. The lowest BCUT2D eigenvalue weighted by molar-refractivity contribution is -0.131. The first-order chi connectivity index (χ1) is 14.2. The Labute approximate surface area is 169 Å². The fourth-order valence-corrected chi connectivity index (χ4v) is 3.77. The van der Waals surface area contributed by atoms with Crippen molar-refractivity contribution in [2.75, 3.05) is 11.9 Å². The van der Waals surface area contributed by atoms with Crippen LogP contribution in [0.5, 0.6) is 5.75 Å². The standard InChI is InChI=1S/C22H23N3O4/c1-2-28-16-7-5-15(6-8-16)25-22(27)20-18-10-9-17(29-18)19(20)21(26)24-13-14-4-3-11-23-12-14/h3-12,17-20H,2,13H2,1H3,(H,24,26)(H,25,27)/t17-,18+,19-,20-/m1/s1. The zero-order valence-corrected chi connectivity index (χ0v) is 16.1. The third kappa shape index (κ3) is 4.14. The smallest absolute Gasteiger partial charge is 0.231 e. The van der Waals surface area contributed by atoms with E-state index in [1.807, 2.05) is 31.2 Å². The molecule has 0 saturated carbocycles. The van der Waals surface area contributed by atoms with Crippen LogP contribution in [0, 0.1) is 11.8 Å². The van der Waals surface area contributed by atoms with Crippen molar-refractivity contribution in [2.45, 2.75) is 25.7 Å². The van der Waals surface area contributed by atoms with Crippen LogP contribution in [0.1, 0.15) is 12.5 Å². The van der Waals surface area contributed by atoms with Gasteiger partial charge in [-0.15, -0.1) is 0 Å². The quantitative estimate of drug-likeness (QED) is 0.705. The number of rotatable bonds is 7. The maximum Gasteiger partial charge on any atom is 0.231 e. The van der Waals surface area contributed by atoms with Gasteiger partial charge in [0.05, 0.1) is 30.7 Å². The third-order valence-corrected chi connectivity index (χ3v) is 5.13. The van der Waals surface area contributed by atoms with Gasteiger partial charge in [0.15, 0.2) is 0 Å². The first-order valence-corrected chi connectivity index (χ1v) is 9.70. The minimum absolute atomic E-state index is 0.197. The summed E-state index contributed by atoms with van der Waals surface area (Å²) in [4.78, 5) is 29.9. The second-order valence-electron chi connectivity index (χ2n) is 7.03. The molecule has 0 radical (unpaired) electrons. The van der Waals surface area contributed by atoms with Gasteiger partial charge < -0.3 is 20.1 Å². The maximum atomic E-state index is 13.0. The molecule has 2 aromatic rings. The van der Waals surface area contributed by atoms with Crippen molar-refractivity contribution in [1.29, 1.82) is 0 Å². The largest absolute Gasteiger partial charge is 0.494 e. The molecule has 1 aromatic carbocycles. The summed E-state index contributed by atoms with van der Waals surface area (Å²) in [6, 6.07) is 10.9. The number of nitrogens with zero attached hydrogens (tertiary/aromatic N) is 1. The average Bonchev–Trinajstić information content (AvgIpc) is 3.36. The highest BCUT2D eigenvalue weighted by atomic mass is 16.5. The summed E-state index contributed by atoms with van der Waals surface area (Å²) in [5, 5.41) is 5.80. The molecule has 2 amide bonds. The topological polar surface area (TPSA) is 89.5 Å². The second-order valence-corrected chi connectivity index (χ2v) is 7.03. The van der Waals surface area contributed by atoms with Crippen LogP contribution in [0.15, 0.2) is 60.9 Å². The zero-order chi connectivity index (χ0) is 20.2. The Morgan fingerprint density at radius 2 is 1.79 bits per heavy atom. The van der Waals surface area contributed by atoms with E-state index in [2.05, 4.69) is 15.6 Å². The molecular weight excluding hydrogens is 370 g/mol. The van der Waals surface area contributed by atoms with Crippen molar-refractivity contribution in [1.82, 2.24) is 10.3 Å². The van der Waals surface area contributed by atoms with Gasteiger partial charge in [-0.3, -0.25) is 14.6 Å². The number of ether oxygens (including phenoxy) is 2. The van der Waals surface area contributed by atoms with E-state index in [1.165, 1.54) is 0 Å². The molecule has 1 aromatic heterocycles. The predicted octanol–water partition coefficient (Wildman–Crippen LogP) is 2.30. The molecule has 0 unspecified atom stereocenters. The Balaban J connectivity index is 1.42. The van der Waals surface area contributed by atoms with Crippen LogP contribution in [-0.4, -0.2) is 35.6 Å². The number of anilines is 1. The van der Waals surface area contributed by atoms with Gasteiger partial charge in [-0.1, -0.05) is 18.2 Å². The van der Waals surface area contributed by atoms with Crippen molar-refractivity contribution < 1.29 is 19.1 Å². The number of fused-ring (bicyclic) bond motifs is 2. The lowest BCUT2D eigenvalue weighted by atomic mass is 9.81. The van der Waals surface area contributed by atoms with E-state index in [0.717, 1.165) is 11.3 Å². The van der Waals surface area contributed by atoms with Gasteiger partial charge in [0.25, 0.3) is 0 Å². The Hall–Kier alpha value is -3.19. The summed E-state index contributed by atoms with van der Waals surface area (Å²) >= 11 is 0. The van der Waals surface area contributed by atoms with Crippen LogP contribution in [0.2, 0.25) is 0 Å². The van der Waals surface area contributed by atoms with Gasteiger partial charge >= 0.3 is 0 Å². The van der Waals surface area contributed by atoms with Crippen molar-refractivity contribution >= 4 is 17.5 Å². The normalized spacial score (nSPS) is 24.3. The molecule has 4 rings (SSSR count). The van der Waals surface area contributed by atoms with E-state index in [9.17, 15) is 9.59 Å². The van der Waals surface area contributed by atoms with E-state index in [-0.39, 0.29) is 17.9 Å². The van der Waals surface area contributed by atoms with Crippen molar-refractivity contribution in [3.05, 3.63) is 66.5 Å². The molecule has 1 fully saturated rings. The number of pyridine rings is 1. The van der Waals surface area contributed by atoms with E-state index < -0.39 is 17.9 Å². The molecule has 4 atom stereocenters. The molecule has 0 aliphatic carbocycles. The van der Waals surface area contributed by atoms with Gasteiger partial charge in [-0.2, -0.15) is 0 Å². The number of carbonyl (C=O) groups is 2. The Bertz CT molecular complexity index is 898. The fraction of sp³-hybridized carbons (Fsp3) is 0.318. The first kappa shape index (κ1) is 19.1. The summed E-state index contributed by atoms with van der Waals surface area (Å²) in [6.45, 7) is 2.85. The van der Waals surface area contributed by atoms with E-state index in [1.54, 1.807) is 36.7 Å². The third-order valence-electron chi connectivity index (χ3n) is 5.13. The van der Waals surface area contributed by atoms with Crippen molar-refractivity contribution in [2.24, 2.45) is 11.8 Å². The number of aromatic nitrogens is 1. The molecule has 29 heavy (non-hydrogen) atoms. The minimum Gasteiger partial charge on any atom is -0.494 e. The highest BCUT2D eigenvalue weighted by Crippen LogP contribution is 2.40. The summed E-state index contributed by atoms with van der Waals surface area (Å²) in [5.41, 5.74) is 1.55. The molecule has 0 spiro atoms.